The molecule has 0 amide bonds. The number of nitrogens with one attached hydrogen (secondary N) is 1. The van der Waals surface area contributed by atoms with E-state index in [1.807, 2.05) is 47.4 Å². The molecule has 2 N–H and O–H groups in total. The van der Waals surface area contributed by atoms with Gasteiger partial charge in [-0.1, -0.05) is 35.3 Å². The van der Waals surface area contributed by atoms with Crippen LogP contribution in [-0.2, 0) is 0 Å². The summed E-state index contributed by atoms with van der Waals surface area (Å²) in [4.78, 5) is 6.38. The molecule has 0 spiro atoms. The topological polar surface area (TPSA) is 61.5 Å². The Morgan fingerprint density at radius 3 is 2.75 bits per heavy atom. The van der Waals surface area contributed by atoms with Gasteiger partial charge in [-0.15, -0.1) is 0 Å². The summed E-state index contributed by atoms with van der Waals surface area (Å²) in [5.74, 6) is 1.31. The third-order valence-corrected chi connectivity index (χ3v) is 5.85. The summed E-state index contributed by atoms with van der Waals surface area (Å²) >= 11 is 18.0. The van der Waals surface area contributed by atoms with E-state index < -0.39 is 0 Å². The highest BCUT2D eigenvalue weighted by molar-refractivity contribution is 7.80. The van der Waals surface area contributed by atoms with Crippen LogP contribution in [-0.4, -0.2) is 33.3 Å². The maximum Gasteiger partial charge on any atom is 0.170 e. The Balaban J connectivity index is 1.75. The van der Waals surface area contributed by atoms with Crippen LogP contribution in [0, 0.1) is 0 Å². The minimum absolute atomic E-state index is 0.0268. The Kier molecular flexibility index (Phi) is 5.55. The molecule has 5 nitrogen and oxygen atoms in total. The first kappa shape index (κ1) is 19.2. The molecule has 1 aromatic carbocycles. The number of β-amino-alcohol motifs (C(OH)–C–C–N with tert-alkyl or cyclic N) is 1. The molecule has 2 atom stereocenters. The number of hydrogen-bond donors (Lipinski definition) is 2. The van der Waals surface area contributed by atoms with Gasteiger partial charge in [0.15, 0.2) is 5.11 Å². The predicted octanol–water partition coefficient (Wildman–Crippen LogP) is 4.61. The van der Waals surface area contributed by atoms with Gasteiger partial charge in [0, 0.05) is 18.3 Å². The third kappa shape index (κ3) is 3.49. The van der Waals surface area contributed by atoms with Crippen molar-refractivity contribution in [2.24, 2.45) is 0 Å². The maximum absolute atomic E-state index is 9.51. The number of hydrogen-bond acceptors (Lipinski definition) is 4. The van der Waals surface area contributed by atoms with Crippen molar-refractivity contribution in [1.29, 1.82) is 0 Å². The highest BCUT2D eigenvalue weighted by atomic mass is 35.5. The molecule has 3 heterocycles. The molecule has 1 aliphatic heterocycles. The summed E-state index contributed by atoms with van der Waals surface area (Å²) in [6.45, 7) is 0.356. The standard InChI is InChI=1S/C20H17Cl2N3O2S/c21-13-5-3-4-12(17(13)22)15-7-8-16(27-15)19-18(14-6-1-2-9-23-14)24-20(28)25(19)10-11-26/h1-9,18-19,26H,10-11H2,(H,24,28)/t18-,19-/m1/s1. The molecule has 4 rings (SSSR count). The van der Waals surface area contributed by atoms with Gasteiger partial charge in [0.25, 0.3) is 0 Å². The number of benzene rings is 1. The lowest BCUT2D eigenvalue weighted by Crippen LogP contribution is -2.32. The van der Waals surface area contributed by atoms with E-state index >= 15 is 0 Å². The molecule has 2 aromatic heterocycles. The second-order valence-corrected chi connectivity index (χ2v) is 7.52. The van der Waals surface area contributed by atoms with Crippen LogP contribution in [0.4, 0.5) is 0 Å². The zero-order valence-corrected chi connectivity index (χ0v) is 17.0. The molecular formula is C20H17Cl2N3O2S. The van der Waals surface area contributed by atoms with Crippen LogP contribution in [0.5, 0.6) is 0 Å². The average molecular weight is 434 g/mol. The van der Waals surface area contributed by atoms with Gasteiger partial charge in [-0.05, 0) is 48.6 Å². The number of rotatable bonds is 5. The first-order chi connectivity index (χ1) is 13.6. The van der Waals surface area contributed by atoms with Crippen molar-refractivity contribution in [1.82, 2.24) is 15.2 Å². The molecule has 0 bridgehead atoms. The van der Waals surface area contributed by atoms with Gasteiger partial charge in [-0.2, -0.15) is 0 Å². The number of thiocarbonyl (C=S) groups is 1. The summed E-state index contributed by atoms with van der Waals surface area (Å²) < 4.78 is 6.17. The molecule has 0 aliphatic carbocycles. The van der Waals surface area contributed by atoms with Crippen LogP contribution in [0.15, 0.2) is 59.1 Å². The van der Waals surface area contributed by atoms with Gasteiger partial charge in [-0.3, -0.25) is 4.98 Å². The Morgan fingerprint density at radius 2 is 2.00 bits per heavy atom. The molecular weight excluding hydrogens is 417 g/mol. The van der Waals surface area contributed by atoms with Gasteiger partial charge >= 0.3 is 0 Å². The quantitative estimate of drug-likeness (QED) is 0.572. The molecule has 0 radical (unpaired) electrons. The normalized spacial score (nSPS) is 19.1. The van der Waals surface area contributed by atoms with Crippen molar-refractivity contribution >= 4 is 40.5 Å². The molecule has 8 heteroatoms. The minimum atomic E-state index is -0.249. The van der Waals surface area contributed by atoms with E-state index in [2.05, 4.69) is 10.3 Å². The third-order valence-electron chi connectivity index (χ3n) is 4.67. The SMILES string of the molecule is OCCN1C(=S)N[C@H](c2ccccn2)[C@H]1c1ccc(-c2cccc(Cl)c2Cl)o1. The molecule has 144 valence electrons. The number of aliphatic hydroxyl groups excluding tert-OH is 1. The highest BCUT2D eigenvalue weighted by Crippen LogP contribution is 2.41. The smallest absolute Gasteiger partial charge is 0.170 e. The minimum Gasteiger partial charge on any atom is -0.459 e. The zero-order valence-electron chi connectivity index (χ0n) is 14.7. The van der Waals surface area contributed by atoms with Crippen molar-refractivity contribution in [2.75, 3.05) is 13.2 Å². The second-order valence-electron chi connectivity index (χ2n) is 6.35. The molecule has 28 heavy (non-hydrogen) atoms. The highest BCUT2D eigenvalue weighted by Gasteiger charge is 2.41. The van der Waals surface area contributed by atoms with Gasteiger partial charge in [0.1, 0.15) is 17.6 Å². The maximum atomic E-state index is 9.51. The number of nitrogens with zero attached hydrogens (tertiary/aromatic N) is 2. The Hall–Kier alpha value is -2.12. The van der Waals surface area contributed by atoms with E-state index in [0.717, 1.165) is 11.3 Å². The lowest BCUT2D eigenvalue weighted by molar-refractivity contribution is 0.209. The molecule has 0 saturated carbocycles. The van der Waals surface area contributed by atoms with Gasteiger partial charge < -0.3 is 19.7 Å². The second kappa shape index (κ2) is 8.09. The number of pyridine rings is 1. The van der Waals surface area contributed by atoms with E-state index in [1.54, 1.807) is 12.3 Å². The van der Waals surface area contributed by atoms with Crippen molar-refractivity contribution in [3.63, 3.8) is 0 Å². The monoisotopic (exact) mass is 433 g/mol. The van der Waals surface area contributed by atoms with E-state index in [-0.39, 0.29) is 18.7 Å². The fraction of sp³-hybridized carbons (Fsp3) is 0.200. The van der Waals surface area contributed by atoms with Gasteiger partial charge in [0.05, 0.1) is 28.4 Å². The first-order valence-electron chi connectivity index (χ1n) is 8.73. The van der Waals surface area contributed by atoms with Crippen molar-refractivity contribution < 1.29 is 9.52 Å². The summed E-state index contributed by atoms with van der Waals surface area (Å²) in [5.41, 5.74) is 1.56. The van der Waals surface area contributed by atoms with Crippen LogP contribution < -0.4 is 5.32 Å². The van der Waals surface area contributed by atoms with Crippen LogP contribution in [0.3, 0.4) is 0 Å². The van der Waals surface area contributed by atoms with Crippen LogP contribution in [0.25, 0.3) is 11.3 Å². The van der Waals surface area contributed by atoms with Gasteiger partial charge in [-0.25, -0.2) is 0 Å². The lowest BCUT2D eigenvalue weighted by Gasteiger charge is -2.25. The van der Waals surface area contributed by atoms with E-state index in [4.69, 9.17) is 39.8 Å². The van der Waals surface area contributed by atoms with Crippen LogP contribution in [0.1, 0.15) is 23.5 Å². The van der Waals surface area contributed by atoms with Crippen molar-refractivity contribution in [2.45, 2.75) is 12.1 Å². The molecule has 3 aromatic rings. The molecule has 0 unspecified atom stereocenters. The lowest BCUT2D eigenvalue weighted by atomic mass is 10.0. The van der Waals surface area contributed by atoms with Crippen molar-refractivity contribution in [3.05, 3.63) is 76.2 Å². The van der Waals surface area contributed by atoms with Crippen LogP contribution in [0.2, 0.25) is 10.0 Å². The molecule has 1 saturated heterocycles. The Bertz CT molecular complexity index is 996. The fourth-order valence-electron chi connectivity index (χ4n) is 3.41. The fourth-order valence-corrected chi connectivity index (χ4v) is 4.14. The summed E-state index contributed by atoms with van der Waals surface area (Å²) in [6.07, 6.45) is 1.74. The summed E-state index contributed by atoms with van der Waals surface area (Å²) in [7, 11) is 0. The largest absolute Gasteiger partial charge is 0.459 e. The number of aliphatic hydroxyl groups is 1. The number of aromatic nitrogens is 1. The average Bonchev–Trinajstić information content (AvgIpc) is 3.30. The number of halogens is 2. The van der Waals surface area contributed by atoms with Gasteiger partial charge in [0.2, 0.25) is 0 Å². The summed E-state index contributed by atoms with van der Waals surface area (Å²) in [6, 6.07) is 14.5. The zero-order chi connectivity index (χ0) is 19.7. The predicted molar refractivity (Wildman–Crippen MR) is 113 cm³/mol. The number of furan rings is 1. The van der Waals surface area contributed by atoms with E-state index in [9.17, 15) is 5.11 Å². The Morgan fingerprint density at radius 1 is 1.14 bits per heavy atom. The molecule has 1 fully saturated rings. The Labute approximate surface area is 177 Å². The van der Waals surface area contributed by atoms with E-state index in [0.29, 0.717) is 33.2 Å². The van der Waals surface area contributed by atoms with Crippen molar-refractivity contribution in [3.8, 4) is 11.3 Å². The molecule has 1 aliphatic rings. The summed E-state index contributed by atoms with van der Waals surface area (Å²) in [5, 5.41) is 14.3. The first-order valence-corrected chi connectivity index (χ1v) is 9.89. The van der Waals surface area contributed by atoms with Crippen LogP contribution >= 0.6 is 35.4 Å². The van der Waals surface area contributed by atoms with E-state index in [1.165, 1.54) is 0 Å².